The Kier molecular flexibility index (Phi) is 4.60. The number of benzene rings is 1. The molecule has 1 N–H and O–H groups in total. The Hall–Kier alpha value is -0.380. The van der Waals surface area contributed by atoms with Crippen LogP contribution in [-0.2, 0) is 6.54 Å². The third-order valence-electron chi connectivity index (χ3n) is 3.50. The molecule has 17 heavy (non-hydrogen) atoms. The number of hydrogen-bond donors (Lipinski definition) is 1. The Morgan fingerprint density at radius 3 is 2.71 bits per heavy atom. The van der Waals surface area contributed by atoms with Crippen LogP contribution in [0.4, 0.5) is 0 Å². The molecule has 0 amide bonds. The van der Waals surface area contributed by atoms with Crippen molar-refractivity contribution >= 4 is 15.9 Å². The van der Waals surface area contributed by atoms with Crippen LogP contribution in [0.5, 0.6) is 0 Å². The number of hydrogen-bond acceptors (Lipinski definition) is 2. The van der Waals surface area contributed by atoms with E-state index in [4.69, 9.17) is 0 Å². The minimum atomic E-state index is 0.605. The van der Waals surface area contributed by atoms with E-state index in [1.54, 1.807) is 0 Å². The molecule has 0 bridgehead atoms. The van der Waals surface area contributed by atoms with Crippen LogP contribution < -0.4 is 5.32 Å². The molecular weight excluding hydrogens is 276 g/mol. The van der Waals surface area contributed by atoms with Gasteiger partial charge < -0.3 is 5.32 Å². The summed E-state index contributed by atoms with van der Waals surface area (Å²) >= 11 is 3.48. The first-order valence-electron chi connectivity index (χ1n) is 6.41. The second kappa shape index (κ2) is 5.98. The van der Waals surface area contributed by atoms with E-state index in [-0.39, 0.29) is 0 Å². The molecule has 0 aliphatic carbocycles. The fourth-order valence-electron chi connectivity index (χ4n) is 2.45. The van der Waals surface area contributed by atoms with Crippen molar-refractivity contribution in [2.24, 2.45) is 0 Å². The predicted octanol–water partition coefficient (Wildman–Crippen LogP) is 3.02. The van der Waals surface area contributed by atoms with Gasteiger partial charge in [0.05, 0.1) is 0 Å². The molecule has 1 aromatic carbocycles. The Balaban J connectivity index is 2.02. The van der Waals surface area contributed by atoms with E-state index in [9.17, 15) is 0 Å². The molecule has 1 saturated heterocycles. The number of rotatable bonds is 3. The van der Waals surface area contributed by atoms with Crippen molar-refractivity contribution in [1.82, 2.24) is 10.2 Å². The summed E-state index contributed by atoms with van der Waals surface area (Å²) in [4.78, 5) is 2.60. The molecule has 1 heterocycles. The van der Waals surface area contributed by atoms with Gasteiger partial charge in [0, 0.05) is 36.2 Å². The molecule has 0 radical (unpaired) electrons. The minimum Gasteiger partial charge on any atom is -0.311 e. The van der Waals surface area contributed by atoms with Crippen LogP contribution in [0.2, 0.25) is 0 Å². The van der Waals surface area contributed by atoms with Crippen LogP contribution >= 0.6 is 15.9 Å². The molecule has 94 valence electrons. The second-order valence-corrected chi connectivity index (χ2v) is 5.84. The van der Waals surface area contributed by atoms with E-state index in [1.807, 2.05) is 0 Å². The Morgan fingerprint density at radius 1 is 1.35 bits per heavy atom. The highest BCUT2D eigenvalue weighted by Crippen LogP contribution is 2.16. The first-order chi connectivity index (χ1) is 8.19. The molecule has 1 fully saturated rings. The van der Waals surface area contributed by atoms with Gasteiger partial charge in [-0.3, -0.25) is 4.90 Å². The smallest absolute Gasteiger partial charge is 0.0237 e. The standard InChI is InChI=1S/C14H21BrN2/c1-3-14-8-16-11(2)9-17(14)10-12-4-6-13(15)7-5-12/h4-7,11,14,16H,3,8-10H2,1-2H3. The zero-order valence-corrected chi connectivity index (χ0v) is 12.2. The average Bonchev–Trinajstić information content (AvgIpc) is 2.32. The maximum absolute atomic E-state index is 3.56. The monoisotopic (exact) mass is 296 g/mol. The maximum atomic E-state index is 3.56. The third-order valence-corrected chi connectivity index (χ3v) is 4.03. The van der Waals surface area contributed by atoms with Gasteiger partial charge in [0.2, 0.25) is 0 Å². The zero-order chi connectivity index (χ0) is 12.3. The lowest BCUT2D eigenvalue weighted by Gasteiger charge is -2.39. The summed E-state index contributed by atoms with van der Waals surface area (Å²) in [5.41, 5.74) is 1.40. The molecule has 1 aliphatic rings. The molecule has 0 saturated carbocycles. The molecular formula is C14H21BrN2. The SMILES string of the molecule is CCC1CNC(C)CN1Cc1ccc(Br)cc1. The summed E-state index contributed by atoms with van der Waals surface area (Å²) in [5.74, 6) is 0. The van der Waals surface area contributed by atoms with Gasteiger partial charge in [-0.05, 0) is 31.0 Å². The molecule has 0 aromatic heterocycles. The molecule has 2 atom stereocenters. The van der Waals surface area contributed by atoms with Gasteiger partial charge in [-0.2, -0.15) is 0 Å². The molecule has 3 heteroatoms. The Morgan fingerprint density at radius 2 is 2.06 bits per heavy atom. The normalized spacial score (nSPS) is 26.1. The van der Waals surface area contributed by atoms with Crippen molar-refractivity contribution in [3.05, 3.63) is 34.3 Å². The second-order valence-electron chi connectivity index (χ2n) is 4.93. The first-order valence-corrected chi connectivity index (χ1v) is 7.20. The van der Waals surface area contributed by atoms with Gasteiger partial charge in [-0.25, -0.2) is 0 Å². The summed E-state index contributed by atoms with van der Waals surface area (Å²) in [7, 11) is 0. The number of halogens is 1. The summed E-state index contributed by atoms with van der Waals surface area (Å²) in [6, 6.07) is 9.96. The number of nitrogens with one attached hydrogen (secondary N) is 1. The zero-order valence-electron chi connectivity index (χ0n) is 10.6. The van der Waals surface area contributed by atoms with E-state index in [0.717, 1.165) is 24.1 Å². The highest BCUT2D eigenvalue weighted by atomic mass is 79.9. The fraction of sp³-hybridized carbons (Fsp3) is 0.571. The van der Waals surface area contributed by atoms with Gasteiger partial charge in [0.1, 0.15) is 0 Å². The summed E-state index contributed by atoms with van der Waals surface area (Å²) in [6.45, 7) is 7.87. The summed E-state index contributed by atoms with van der Waals surface area (Å²) in [5, 5.41) is 3.56. The highest BCUT2D eigenvalue weighted by Gasteiger charge is 2.24. The van der Waals surface area contributed by atoms with Crippen molar-refractivity contribution in [1.29, 1.82) is 0 Å². The fourth-order valence-corrected chi connectivity index (χ4v) is 2.72. The minimum absolute atomic E-state index is 0.605. The molecule has 2 rings (SSSR count). The molecule has 2 nitrogen and oxygen atoms in total. The van der Waals surface area contributed by atoms with Gasteiger partial charge in [-0.15, -0.1) is 0 Å². The average molecular weight is 297 g/mol. The third kappa shape index (κ3) is 3.54. The van der Waals surface area contributed by atoms with Gasteiger partial charge >= 0.3 is 0 Å². The van der Waals surface area contributed by atoms with Crippen LogP contribution in [0.25, 0.3) is 0 Å². The lowest BCUT2D eigenvalue weighted by atomic mass is 10.1. The molecule has 0 spiro atoms. The van der Waals surface area contributed by atoms with E-state index in [2.05, 4.69) is 64.3 Å². The van der Waals surface area contributed by atoms with Crippen molar-refractivity contribution in [3.63, 3.8) is 0 Å². The van der Waals surface area contributed by atoms with Gasteiger partial charge in [0.15, 0.2) is 0 Å². The first kappa shape index (κ1) is 13.1. The van der Waals surface area contributed by atoms with Gasteiger partial charge in [0.25, 0.3) is 0 Å². The quantitative estimate of drug-likeness (QED) is 0.922. The van der Waals surface area contributed by atoms with Crippen LogP contribution in [-0.4, -0.2) is 30.1 Å². The lowest BCUT2D eigenvalue weighted by Crippen LogP contribution is -2.54. The topological polar surface area (TPSA) is 15.3 Å². The number of piperazine rings is 1. The maximum Gasteiger partial charge on any atom is 0.0237 e. The summed E-state index contributed by atoms with van der Waals surface area (Å²) < 4.78 is 1.15. The predicted molar refractivity (Wildman–Crippen MR) is 76.1 cm³/mol. The van der Waals surface area contributed by atoms with Crippen molar-refractivity contribution in [2.45, 2.75) is 38.9 Å². The van der Waals surface area contributed by atoms with E-state index in [0.29, 0.717) is 12.1 Å². The highest BCUT2D eigenvalue weighted by molar-refractivity contribution is 9.10. The number of nitrogens with zero attached hydrogens (tertiary/aromatic N) is 1. The summed E-state index contributed by atoms with van der Waals surface area (Å²) in [6.07, 6.45) is 1.22. The van der Waals surface area contributed by atoms with E-state index >= 15 is 0 Å². The van der Waals surface area contributed by atoms with E-state index < -0.39 is 0 Å². The van der Waals surface area contributed by atoms with Crippen LogP contribution in [0.3, 0.4) is 0 Å². The van der Waals surface area contributed by atoms with Crippen molar-refractivity contribution in [2.75, 3.05) is 13.1 Å². The molecule has 2 unspecified atom stereocenters. The van der Waals surface area contributed by atoms with Crippen LogP contribution in [0.15, 0.2) is 28.7 Å². The largest absolute Gasteiger partial charge is 0.311 e. The van der Waals surface area contributed by atoms with Gasteiger partial charge in [-0.1, -0.05) is 35.0 Å². The van der Waals surface area contributed by atoms with Crippen LogP contribution in [0.1, 0.15) is 25.8 Å². The lowest BCUT2D eigenvalue weighted by molar-refractivity contribution is 0.124. The molecule has 1 aliphatic heterocycles. The van der Waals surface area contributed by atoms with E-state index in [1.165, 1.54) is 12.0 Å². The van der Waals surface area contributed by atoms with Crippen LogP contribution in [0, 0.1) is 0 Å². The van der Waals surface area contributed by atoms with Crippen molar-refractivity contribution < 1.29 is 0 Å². The Bertz CT molecular complexity index is 350. The Labute approximate surface area is 113 Å². The molecule has 1 aromatic rings. The van der Waals surface area contributed by atoms with Crippen molar-refractivity contribution in [3.8, 4) is 0 Å².